The van der Waals surface area contributed by atoms with Gasteiger partial charge in [-0.15, -0.1) is 11.3 Å². The van der Waals surface area contributed by atoms with Crippen LogP contribution in [-0.2, 0) is 4.79 Å². The number of carbonyl (C=O) groups excluding carboxylic acids is 2. The van der Waals surface area contributed by atoms with Crippen LogP contribution >= 0.6 is 11.3 Å². The number of Topliss-reactive ketones (excluding diaryl/α,β-unsaturated/α-hetero) is 1. The van der Waals surface area contributed by atoms with Crippen molar-refractivity contribution in [1.82, 2.24) is 4.98 Å². The number of nitrogens with zero attached hydrogens (tertiary/aromatic N) is 1. The summed E-state index contributed by atoms with van der Waals surface area (Å²) >= 11 is 1.21. The highest BCUT2D eigenvalue weighted by Crippen LogP contribution is 2.29. The van der Waals surface area contributed by atoms with E-state index < -0.39 is 11.7 Å². The average Bonchev–Trinajstić information content (AvgIpc) is 3.20. The van der Waals surface area contributed by atoms with Gasteiger partial charge >= 0.3 is 0 Å². The van der Waals surface area contributed by atoms with Crippen molar-refractivity contribution < 1.29 is 28.2 Å². The first-order chi connectivity index (χ1) is 14.4. The van der Waals surface area contributed by atoms with E-state index in [-0.39, 0.29) is 18.1 Å². The fourth-order valence-corrected chi connectivity index (χ4v) is 3.33. The number of methoxy groups -OCH3 is 2. The molecule has 3 aromatic rings. The molecule has 0 aliphatic carbocycles. The van der Waals surface area contributed by atoms with Gasteiger partial charge in [-0.1, -0.05) is 0 Å². The molecule has 9 heteroatoms. The highest BCUT2D eigenvalue weighted by molar-refractivity contribution is 7.14. The number of nitrogens with one attached hydrogen (secondary N) is 1. The van der Waals surface area contributed by atoms with Crippen LogP contribution in [0.3, 0.4) is 0 Å². The number of hydrogen-bond donors (Lipinski definition) is 1. The van der Waals surface area contributed by atoms with Gasteiger partial charge in [0, 0.05) is 16.5 Å². The number of ether oxygens (including phenoxy) is 3. The second kappa shape index (κ2) is 9.36. The third-order valence-electron chi connectivity index (χ3n) is 4.13. The Hall–Kier alpha value is -3.46. The quantitative estimate of drug-likeness (QED) is 0.540. The summed E-state index contributed by atoms with van der Waals surface area (Å²) in [4.78, 5) is 28.0. The predicted molar refractivity (Wildman–Crippen MR) is 111 cm³/mol. The van der Waals surface area contributed by atoms with E-state index >= 15 is 0 Å². The highest BCUT2D eigenvalue weighted by Gasteiger charge is 2.13. The molecule has 1 N–H and O–H groups in total. The molecule has 0 spiro atoms. The molecule has 0 aliphatic heterocycles. The van der Waals surface area contributed by atoms with Crippen molar-refractivity contribution in [2.24, 2.45) is 0 Å². The summed E-state index contributed by atoms with van der Waals surface area (Å²) in [5.41, 5.74) is 1.57. The minimum absolute atomic E-state index is 0.103. The zero-order valence-corrected chi connectivity index (χ0v) is 17.3. The van der Waals surface area contributed by atoms with E-state index in [9.17, 15) is 14.0 Å². The molecule has 0 radical (unpaired) electrons. The van der Waals surface area contributed by atoms with Crippen molar-refractivity contribution in [1.29, 1.82) is 0 Å². The number of hydrogen-bond acceptors (Lipinski definition) is 7. The van der Waals surface area contributed by atoms with Crippen molar-refractivity contribution in [3.63, 3.8) is 0 Å². The molecule has 156 valence electrons. The Kier molecular flexibility index (Phi) is 6.63. The van der Waals surface area contributed by atoms with Gasteiger partial charge in [0.1, 0.15) is 0 Å². The number of anilines is 1. The van der Waals surface area contributed by atoms with Gasteiger partial charge in [0.25, 0.3) is 5.91 Å². The van der Waals surface area contributed by atoms with Gasteiger partial charge in [-0.25, -0.2) is 9.37 Å². The maximum absolute atomic E-state index is 13.9. The minimum atomic E-state index is -0.494. The molecule has 30 heavy (non-hydrogen) atoms. The number of carbonyl (C=O) groups is 2. The Morgan fingerprint density at radius 1 is 1.07 bits per heavy atom. The number of halogens is 1. The molecular formula is C21H19FN2O5S. The first kappa shape index (κ1) is 21.3. The molecule has 1 amide bonds. The fourth-order valence-electron chi connectivity index (χ4n) is 2.59. The van der Waals surface area contributed by atoms with E-state index in [1.54, 1.807) is 29.6 Å². The van der Waals surface area contributed by atoms with E-state index in [0.29, 0.717) is 33.5 Å². The topological polar surface area (TPSA) is 86.8 Å². The first-order valence-electron chi connectivity index (χ1n) is 8.82. The maximum atomic E-state index is 13.9. The van der Waals surface area contributed by atoms with E-state index in [4.69, 9.17) is 14.2 Å². The average molecular weight is 430 g/mol. The smallest absolute Gasteiger partial charge is 0.264 e. The summed E-state index contributed by atoms with van der Waals surface area (Å²) in [6, 6.07) is 9.24. The molecule has 0 bridgehead atoms. The number of rotatable bonds is 8. The lowest BCUT2D eigenvalue weighted by Gasteiger charge is -2.11. The van der Waals surface area contributed by atoms with Gasteiger partial charge < -0.3 is 14.2 Å². The first-order valence-corrected chi connectivity index (χ1v) is 9.70. The molecule has 2 aromatic carbocycles. The molecule has 0 aliphatic rings. The molecule has 0 fully saturated rings. The molecule has 1 heterocycles. The molecule has 0 saturated carbocycles. The summed E-state index contributed by atoms with van der Waals surface area (Å²) in [5.74, 6) is -0.179. The second-order valence-electron chi connectivity index (χ2n) is 6.15. The largest absolute Gasteiger partial charge is 0.494 e. The molecule has 1 aromatic heterocycles. The Bertz CT molecular complexity index is 1080. The summed E-state index contributed by atoms with van der Waals surface area (Å²) in [5, 5.41) is 4.70. The minimum Gasteiger partial charge on any atom is -0.494 e. The van der Waals surface area contributed by atoms with E-state index in [1.165, 1.54) is 44.6 Å². The lowest BCUT2D eigenvalue weighted by atomic mass is 10.1. The zero-order valence-electron chi connectivity index (χ0n) is 16.5. The Morgan fingerprint density at radius 3 is 2.47 bits per heavy atom. The van der Waals surface area contributed by atoms with Crippen LogP contribution in [0.4, 0.5) is 9.52 Å². The van der Waals surface area contributed by atoms with Gasteiger partial charge in [0.05, 0.1) is 19.9 Å². The molecule has 0 atom stereocenters. The summed E-state index contributed by atoms with van der Waals surface area (Å²) in [6.45, 7) is 1.17. The van der Waals surface area contributed by atoms with Crippen molar-refractivity contribution in [2.45, 2.75) is 6.92 Å². The lowest BCUT2D eigenvalue weighted by molar-refractivity contribution is -0.118. The van der Waals surface area contributed by atoms with E-state index in [0.717, 1.165) is 0 Å². The predicted octanol–water partition coefficient (Wildman–Crippen LogP) is 4.19. The Labute approximate surface area is 176 Å². The molecule has 0 saturated heterocycles. The number of aromatic nitrogens is 1. The number of ketones is 1. The standard InChI is InChI=1S/C21H19FN2O5S/c1-12(25)13-4-7-18(19(9-13)28-3)29-10-20(26)24-21-23-16(11-30-21)14-5-6-17(27-2)15(22)8-14/h4-9,11H,10H2,1-3H3,(H,23,24,26). The van der Waals surface area contributed by atoms with Crippen molar-refractivity contribution in [3.8, 4) is 28.5 Å². The van der Waals surface area contributed by atoms with Gasteiger partial charge in [-0.2, -0.15) is 0 Å². The van der Waals surface area contributed by atoms with Gasteiger partial charge in [-0.3, -0.25) is 14.9 Å². The number of thiazole rings is 1. The van der Waals surface area contributed by atoms with Crippen LogP contribution in [0.25, 0.3) is 11.3 Å². The molecular weight excluding hydrogens is 411 g/mol. The molecule has 0 unspecified atom stereocenters. The molecule has 7 nitrogen and oxygen atoms in total. The highest BCUT2D eigenvalue weighted by atomic mass is 32.1. The second-order valence-corrected chi connectivity index (χ2v) is 7.00. The third-order valence-corrected chi connectivity index (χ3v) is 4.88. The summed E-state index contributed by atoms with van der Waals surface area (Å²) in [6.07, 6.45) is 0. The van der Waals surface area contributed by atoms with Gasteiger partial charge in [0.15, 0.2) is 40.6 Å². The van der Waals surface area contributed by atoms with E-state index in [1.807, 2.05) is 0 Å². The fraction of sp³-hybridized carbons (Fsp3) is 0.190. The van der Waals surface area contributed by atoms with Gasteiger partial charge in [-0.05, 0) is 43.3 Å². The van der Waals surface area contributed by atoms with Crippen LogP contribution in [0.2, 0.25) is 0 Å². The van der Waals surface area contributed by atoms with Crippen LogP contribution in [-0.4, -0.2) is 37.5 Å². The van der Waals surface area contributed by atoms with Crippen molar-refractivity contribution >= 4 is 28.2 Å². The summed E-state index contributed by atoms with van der Waals surface area (Å²) in [7, 11) is 2.84. The van der Waals surface area contributed by atoms with E-state index in [2.05, 4.69) is 10.3 Å². The third kappa shape index (κ3) is 4.93. The van der Waals surface area contributed by atoms with Crippen molar-refractivity contribution in [3.05, 3.63) is 53.2 Å². The normalized spacial score (nSPS) is 10.4. The SMILES string of the molecule is COc1ccc(-c2csc(NC(=O)COc3ccc(C(C)=O)cc3OC)n2)cc1F. The zero-order chi connectivity index (χ0) is 21.7. The number of amides is 1. The van der Waals surface area contributed by atoms with Crippen LogP contribution in [0.5, 0.6) is 17.2 Å². The molecule has 3 rings (SSSR count). The Morgan fingerprint density at radius 2 is 1.80 bits per heavy atom. The maximum Gasteiger partial charge on any atom is 0.264 e. The van der Waals surface area contributed by atoms with Crippen LogP contribution < -0.4 is 19.5 Å². The van der Waals surface area contributed by atoms with Crippen LogP contribution in [0, 0.1) is 5.82 Å². The summed E-state index contributed by atoms with van der Waals surface area (Å²) < 4.78 is 29.5. The monoisotopic (exact) mass is 430 g/mol. The Balaban J connectivity index is 1.62. The lowest BCUT2D eigenvalue weighted by Crippen LogP contribution is -2.20. The van der Waals surface area contributed by atoms with Crippen molar-refractivity contribution in [2.75, 3.05) is 26.1 Å². The van der Waals surface area contributed by atoms with Crippen LogP contribution in [0.15, 0.2) is 41.8 Å². The van der Waals surface area contributed by atoms with Crippen LogP contribution in [0.1, 0.15) is 17.3 Å². The number of benzene rings is 2. The van der Waals surface area contributed by atoms with Gasteiger partial charge in [0.2, 0.25) is 0 Å².